The van der Waals surface area contributed by atoms with Crippen molar-refractivity contribution in [3.8, 4) is 5.75 Å². The van der Waals surface area contributed by atoms with E-state index >= 15 is 0 Å². The molecule has 0 aliphatic heterocycles. The van der Waals surface area contributed by atoms with E-state index in [1.54, 1.807) is 12.1 Å². The van der Waals surface area contributed by atoms with Crippen molar-refractivity contribution in [2.45, 2.75) is 33.2 Å². The molecule has 1 aromatic carbocycles. The zero-order chi connectivity index (χ0) is 12.2. The van der Waals surface area contributed by atoms with Crippen molar-refractivity contribution in [2.24, 2.45) is 11.1 Å². The van der Waals surface area contributed by atoms with Crippen LogP contribution in [0.1, 0.15) is 27.2 Å². The van der Waals surface area contributed by atoms with Crippen molar-refractivity contribution in [3.05, 3.63) is 30.1 Å². The summed E-state index contributed by atoms with van der Waals surface area (Å²) in [7, 11) is 0. The molecule has 2 N–H and O–H groups in total. The molecule has 0 spiro atoms. The number of ether oxygens (including phenoxy) is 1. The Morgan fingerprint density at radius 1 is 1.25 bits per heavy atom. The predicted molar refractivity (Wildman–Crippen MR) is 63.9 cm³/mol. The molecule has 2 nitrogen and oxygen atoms in total. The molecule has 1 rings (SSSR count). The Morgan fingerprint density at radius 2 is 1.81 bits per heavy atom. The summed E-state index contributed by atoms with van der Waals surface area (Å²) in [6, 6.07) is 5.98. The molecule has 90 valence electrons. The molecule has 1 unspecified atom stereocenters. The number of rotatable bonds is 4. The first kappa shape index (κ1) is 13.0. The van der Waals surface area contributed by atoms with Gasteiger partial charge in [-0.25, -0.2) is 4.39 Å². The number of benzene rings is 1. The summed E-state index contributed by atoms with van der Waals surface area (Å²) < 4.78 is 18.1. The van der Waals surface area contributed by atoms with Crippen LogP contribution in [0.5, 0.6) is 5.75 Å². The molecule has 1 aromatic rings. The second-order valence-corrected chi connectivity index (χ2v) is 5.29. The van der Waals surface area contributed by atoms with Gasteiger partial charge in [-0.3, -0.25) is 0 Å². The maximum atomic E-state index is 12.6. The third kappa shape index (κ3) is 5.12. The summed E-state index contributed by atoms with van der Waals surface area (Å²) in [5.41, 5.74) is 6.14. The molecule has 0 heterocycles. The first-order valence-electron chi connectivity index (χ1n) is 5.51. The lowest BCUT2D eigenvalue weighted by Crippen LogP contribution is -2.32. The fourth-order valence-corrected chi connectivity index (χ4v) is 1.58. The molecule has 0 aromatic heterocycles. The Morgan fingerprint density at radius 3 is 2.31 bits per heavy atom. The van der Waals surface area contributed by atoms with E-state index in [4.69, 9.17) is 10.5 Å². The highest BCUT2D eigenvalue weighted by atomic mass is 19.1. The molecule has 16 heavy (non-hydrogen) atoms. The number of hydrogen-bond acceptors (Lipinski definition) is 2. The summed E-state index contributed by atoms with van der Waals surface area (Å²) in [6.45, 7) is 6.89. The van der Waals surface area contributed by atoms with Crippen molar-refractivity contribution < 1.29 is 9.13 Å². The molecule has 0 aliphatic carbocycles. The van der Waals surface area contributed by atoms with Crippen LogP contribution < -0.4 is 10.5 Å². The molecular formula is C13H20FNO. The summed E-state index contributed by atoms with van der Waals surface area (Å²) >= 11 is 0. The molecule has 1 atom stereocenters. The molecule has 0 bridgehead atoms. The van der Waals surface area contributed by atoms with Gasteiger partial charge in [0, 0.05) is 6.04 Å². The summed E-state index contributed by atoms with van der Waals surface area (Å²) in [4.78, 5) is 0. The SMILES string of the molecule is CC(C)(C)CC(N)COc1ccc(F)cc1. The van der Waals surface area contributed by atoms with Crippen LogP contribution in [0.3, 0.4) is 0 Å². The fourth-order valence-electron chi connectivity index (χ4n) is 1.58. The molecule has 0 saturated heterocycles. The van der Waals surface area contributed by atoms with Crippen LogP contribution in [0.2, 0.25) is 0 Å². The summed E-state index contributed by atoms with van der Waals surface area (Å²) in [5, 5.41) is 0. The van der Waals surface area contributed by atoms with E-state index < -0.39 is 0 Å². The van der Waals surface area contributed by atoms with Gasteiger partial charge in [-0.15, -0.1) is 0 Å². The average Bonchev–Trinajstić information content (AvgIpc) is 2.14. The van der Waals surface area contributed by atoms with Gasteiger partial charge < -0.3 is 10.5 Å². The lowest BCUT2D eigenvalue weighted by molar-refractivity contribution is 0.240. The fraction of sp³-hybridized carbons (Fsp3) is 0.538. The first-order chi connectivity index (χ1) is 7.37. The van der Waals surface area contributed by atoms with Gasteiger partial charge in [0.2, 0.25) is 0 Å². The van der Waals surface area contributed by atoms with Crippen molar-refractivity contribution in [1.29, 1.82) is 0 Å². The lowest BCUT2D eigenvalue weighted by atomic mass is 9.89. The van der Waals surface area contributed by atoms with E-state index in [9.17, 15) is 4.39 Å². The maximum absolute atomic E-state index is 12.6. The second kappa shape index (κ2) is 5.30. The first-order valence-corrected chi connectivity index (χ1v) is 5.51. The van der Waals surface area contributed by atoms with Crippen molar-refractivity contribution in [1.82, 2.24) is 0 Å². The van der Waals surface area contributed by atoms with Crippen molar-refractivity contribution in [3.63, 3.8) is 0 Å². The van der Waals surface area contributed by atoms with Crippen LogP contribution >= 0.6 is 0 Å². The Bertz CT molecular complexity index is 316. The van der Waals surface area contributed by atoms with Gasteiger partial charge in [0.25, 0.3) is 0 Å². The number of hydrogen-bond donors (Lipinski definition) is 1. The van der Waals surface area contributed by atoms with E-state index in [0.29, 0.717) is 12.4 Å². The molecule has 0 fully saturated rings. The minimum Gasteiger partial charge on any atom is -0.492 e. The predicted octanol–water partition coefficient (Wildman–Crippen LogP) is 2.97. The van der Waals surface area contributed by atoms with Crippen molar-refractivity contribution >= 4 is 0 Å². The second-order valence-electron chi connectivity index (χ2n) is 5.29. The highest BCUT2D eigenvalue weighted by Crippen LogP contribution is 2.20. The monoisotopic (exact) mass is 225 g/mol. The standard InChI is InChI=1S/C13H20FNO/c1-13(2,3)8-11(15)9-16-12-6-4-10(14)5-7-12/h4-7,11H,8-9,15H2,1-3H3. The van der Waals surface area contributed by atoms with Crippen LogP contribution in [0.4, 0.5) is 4.39 Å². The molecule has 0 radical (unpaired) electrons. The third-order valence-corrected chi connectivity index (χ3v) is 2.15. The molecular weight excluding hydrogens is 205 g/mol. The van der Waals surface area contributed by atoms with Crippen LogP contribution in [0, 0.1) is 11.2 Å². The van der Waals surface area contributed by atoms with Crippen LogP contribution in [0.25, 0.3) is 0 Å². The molecule has 0 amide bonds. The third-order valence-electron chi connectivity index (χ3n) is 2.15. The van der Waals surface area contributed by atoms with E-state index in [1.165, 1.54) is 12.1 Å². The Labute approximate surface area is 96.6 Å². The maximum Gasteiger partial charge on any atom is 0.123 e. The Kier molecular flexibility index (Phi) is 4.30. The Balaban J connectivity index is 2.37. The van der Waals surface area contributed by atoms with Gasteiger partial charge in [0.15, 0.2) is 0 Å². The normalized spacial score (nSPS) is 13.6. The number of halogens is 1. The topological polar surface area (TPSA) is 35.2 Å². The summed E-state index contributed by atoms with van der Waals surface area (Å²) in [6.07, 6.45) is 0.897. The molecule has 3 heteroatoms. The minimum absolute atomic E-state index is 0.00468. The van der Waals surface area contributed by atoms with Gasteiger partial charge in [-0.2, -0.15) is 0 Å². The molecule has 0 aliphatic rings. The largest absolute Gasteiger partial charge is 0.492 e. The minimum atomic E-state index is -0.258. The summed E-state index contributed by atoms with van der Waals surface area (Å²) in [5.74, 6) is 0.400. The van der Waals surface area contributed by atoms with Crippen LogP contribution in [0.15, 0.2) is 24.3 Å². The smallest absolute Gasteiger partial charge is 0.123 e. The highest BCUT2D eigenvalue weighted by Gasteiger charge is 2.15. The zero-order valence-corrected chi connectivity index (χ0v) is 10.2. The van der Waals surface area contributed by atoms with Gasteiger partial charge in [-0.1, -0.05) is 20.8 Å². The van der Waals surface area contributed by atoms with E-state index in [-0.39, 0.29) is 17.3 Å². The zero-order valence-electron chi connectivity index (χ0n) is 10.2. The van der Waals surface area contributed by atoms with Gasteiger partial charge in [-0.05, 0) is 36.1 Å². The van der Waals surface area contributed by atoms with Gasteiger partial charge in [0.1, 0.15) is 18.2 Å². The lowest BCUT2D eigenvalue weighted by Gasteiger charge is -2.23. The molecule has 0 saturated carbocycles. The van der Waals surface area contributed by atoms with Gasteiger partial charge >= 0.3 is 0 Å². The van der Waals surface area contributed by atoms with E-state index in [2.05, 4.69) is 20.8 Å². The van der Waals surface area contributed by atoms with Crippen molar-refractivity contribution in [2.75, 3.05) is 6.61 Å². The number of nitrogens with two attached hydrogens (primary N) is 1. The van der Waals surface area contributed by atoms with E-state index in [0.717, 1.165) is 6.42 Å². The average molecular weight is 225 g/mol. The van der Waals surface area contributed by atoms with Crippen LogP contribution in [-0.2, 0) is 0 Å². The van der Waals surface area contributed by atoms with E-state index in [1.807, 2.05) is 0 Å². The van der Waals surface area contributed by atoms with Gasteiger partial charge in [0.05, 0.1) is 0 Å². The Hall–Kier alpha value is -1.09. The highest BCUT2D eigenvalue weighted by molar-refractivity contribution is 5.22. The quantitative estimate of drug-likeness (QED) is 0.855. The van der Waals surface area contributed by atoms with Crippen LogP contribution in [-0.4, -0.2) is 12.6 Å².